The van der Waals surface area contributed by atoms with Crippen molar-refractivity contribution in [2.24, 2.45) is 0 Å². The van der Waals surface area contributed by atoms with Gasteiger partial charge in [0, 0.05) is 5.75 Å². The smallest absolute Gasteiger partial charge is 0.232 e. The molecule has 2 rings (SSSR count). The number of aliphatic hydroxyl groups is 1. The summed E-state index contributed by atoms with van der Waals surface area (Å²) in [5, 5.41) is 10.1. The van der Waals surface area contributed by atoms with Crippen molar-refractivity contribution in [3.05, 3.63) is 35.4 Å². The van der Waals surface area contributed by atoms with E-state index in [4.69, 9.17) is 0 Å². The highest BCUT2D eigenvalue weighted by atomic mass is 32.2. The number of amides is 1. The number of carbonyl (C=O) groups is 1. The van der Waals surface area contributed by atoms with Crippen LogP contribution in [-0.4, -0.2) is 40.4 Å². The summed E-state index contributed by atoms with van der Waals surface area (Å²) < 4.78 is 0. The number of carbonyl (C=O) groups excluding carboxylic acids is 1. The van der Waals surface area contributed by atoms with E-state index in [0.717, 1.165) is 18.6 Å². The van der Waals surface area contributed by atoms with E-state index in [1.165, 1.54) is 11.1 Å². The van der Waals surface area contributed by atoms with Gasteiger partial charge in [-0.15, -0.1) is 11.8 Å². The lowest BCUT2D eigenvalue weighted by molar-refractivity contribution is -0.153. The van der Waals surface area contributed by atoms with Crippen LogP contribution in [-0.2, 0) is 10.5 Å². The van der Waals surface area contributed by atoms with E-state index >= 15 is 0 Å². The Morgan fingerprint density at radius 2 is 2.20 bits per heavy atom. The van der Waals surface area contributed by atoms with Crippen LogP contribution in [0.1, 0.15) is 30.9 Å². The topological polar surface area (TPSA) is 40.5 Å². The molecule has 0 spiro atoms. The molecule has 0 aliphatic carbocycles. The van der Waals surface area contributed by atoms with Gasteiger partial charge in [-0.25, -0.2) is 0 Å². The van der Waals surface area contributed by atoms with E-state index in [0.29, 0.717) is 18.8 Å². The van der Waals surface area contributed by atoms with Crippen LogP contribution in [0.2, 0.25) is 0 Å². The van der Waals surface area contributed by atoms with Crippen LogP contribution in [0.4, 0.5) is 0 Å². The van der Waals surface area contributed by atoms with Crippen molar-refractivity contribution in [1.29, 1.82) is 0 Å². The average molecular weight is 293 g/mol. The molecule has 1 aromatic carbocycles. The van der Waals surface area contributed by atoms with Crippen LogP contribution < -0.4 is 0 Å². The van der Waals surface area contributed by atoms with Crippen LogP contribution >= 0.6 is 11.8 Å². The summed E-state index contributed by atoms with van der Waals surface area (Å²) in [4.78, 5) is 13.7. The summed E-state index contributed by atoms with van der Waals surface area (Å²) in [6, 6.07) is 8.37. The molecule has 0 unspecified atom stereocenters. The van der Waals surface area contributed by atoms with Crippen molar-refractivity contribution < 1.29 is 9.90 Å². The maximum Gasteiger partial charge on any atom is 0.232 e. The summed E-state index contributed by atoms with van der Waals surface area (Å²) >= 11 is 1.64. The lowest BCUT2D eigenvalue weighted by Gasteiger charge is -2.46. The standard InChI is InChI=1S/C16H23NO2S/c1-3-7-16(19)11-17(12-16)15(18)10-20-9-14-6-4-5-13(2)8-14/h4-6,8,19H,3,7,9-12H2,1-2H3. The SMILES string of the molecule is CCCC1(O)CN(C(=O)CSCc2cccc(C)c2)C1. The second-order valence-electron chi connectivity index (χ2n) is 5.71. The number of hydrogen-bond donors (Lipinski definition) is 1. The van der Waals surface area contributed by atoms with Crippen LogP contribution in [0.3, 0.4) is 0 Å². The molecule has 3 nitrogen and oxygen atoms in total. The number of likely N-dealkylation sites (tertiary alicyclic amines) is 1. The van der Waals surface area contributed by atoms with Crippen molar-refractivity contribution >= 4 is 17.7 Å². The molecule has 1 N–H and O–H groups in total. The highest BCUT2D eigenvalue weighted by Gasteiger charge is 2.42. The fraction of sp³-hybridized carbons (Fsp3) is 0.562. The third-order valence-corrected chi connectivity index (χ3v) is 4.60. The second-order valence-corrected chi connectivity index (χ2v) is 6.69. The van der Waals surface area contributed by atoms with E-state index in [1.807, 2.05) is 6.07 Å². The molecule has 1 fully saturated rings. The van der Waals surface area contributed by atoms with Crippen LogP contribution in [0.25, 0.3) is 0 Å². The van der Waals surface area contributed by atoms with Gasteiger partial charge in [-0.2, -0.15) is 0 Å². The predicted octanol–water partition coefficient (Wildman–Crippen LogP) is 2.60. The number of β-amino-alcohol motifs (C(OH)–C–C–N with tert-alkyl or cyclic N) is 1. The molecular weight excluding hydrogens is 270 g/mol. The lowest BCUT2D eigenvalue weighted by Crippen LogP contribution is -2.63. The first-order valence-electron chi connectivity index (χ1n) is 7.16. The normalized spacial score (nSPS) is 16.9. The van der Waals surface area contributed by atoms with Crippen molar-refractivity contribution in [2.45, 2.75) is 38.0 Å². The van der Waals surface area contributed by atoms with Crippen molar-refractivity contribution in [3.63, 3.8) is 0 Å². The van der Waals surface area contributed by atoms with Gasteiger partial charge in [0.25, 0.3) is 0 Å². The van der Waals surface area contributed by atoms with Crippen LogP contribution in [0.15, 0.2) is 24.3 Å². The van der Waals surface area contributed by atoms with Crippen LogP contribution in [0, 0.1) is 6.92 Å². The first kappa shape index (κ1) is 15.4. The molecule has 20 heavy (non-hydrogen) atoms. The van der Waals surface area contributed by atoms with Gasteiger partial charge in [-0.1, -0.05) is 43.2 Å². The molecule has 110 valence electrons. The Morgan fingerprint density at radius 1 is 1.45 bits per heavy atom. The van der Waals surface area contributed by atoms with Gasteiger partial charge in [0.1, 0.15) is 0 Å². The minimum atomic E-state index is -0.619. The van der Waals surface area contributed by atoms with E-state index < -0.39 is 5.60 Å². The zero-order chi connectivity index (χ0) is 14.6. The zero-order valence-corrected chi connectivity index (χ0v) is 13.1. The first-order valence-corrected chi connectivity index (χ1v) is 8.31. The largest absolute Gasteiger partial charge is 0.386 e. The average Bonchev–Trinajstić information content (AvgIpc) is 2.36. The maximum atomic E-state index is 12.0. The summed E-state index contributed by atoms with van der Waals surface area (Å²) in [6.07, 6.45) is 1.74. The molecule has 0 atom stereocenters. The van der Waals surface area contributed by atoms with E-state index in [-0.39, 0.29) is 5.91 Å². The number of thioether (sulfide) groups is 1. The number of nitrogens with zero attached hydrogens (tertiary/aromatic N) is 1. The Hall–Kier alpha value is -1.00. The van der Waals surface area contributed by atoms with Crippen molar-refractivity contribution in [2.75, 3.05) is 18.8 Å². The fourth-order valence-electron chi connectivity index (χ4n) is 2.61. The Bertz CT molecular complexity index is 469. The molecule has 4 heteroatoms. The fourth-order valence-corrected chi connectivity index (χ4v) is 3.49. The van der Waals surface area contributed by atoms with Gasteiger partial charge in [-0.05, 0) is 18.9 Å². The quantitative estimate of drug-likeness (QED) is 0.876. The maximum absolute atomic E-state index is 12.0. The molecule has 1 aromatic rings. The summed E-state index contributed by atoms with van der Waals surface area (Å²) in [7, 11) is 0. The number of benzene rings is 1. The summed E-state index contributed by atoms with van der Waals surface area (Å²) in [5.74, 6) is 1.50. The van der Waals surface area contributed by atoms with Gasteiger partial charge >= 0.3 is 0 Å². The van der Waals surface area contributed by atoms with E-state index in [2.05, 4.69) is 32.0 Å². The molecule has 0 aromatic heterocycles. The van der Waals surface area contributed by atoms with E-state index in [9.17, 15) is 9.90 Å². The highest BCUT2D eigenvalue weighted by molar-refractivity contribution is 7.99. The lowest BCUT2D eigenvalue weighted by atomic mass is 9.89. The summed E-state index contributed by atoms with van der Waals surface area (Å²) in [6.45, 7) is 5.14. The molecule has 0 saturated carbocycles. The molecule has 1 amide bonds. The second kappa shape index (κ2) is 6.64. The third kappa shape index (κ3) is 4.00. The summed E-state index contributed by atoms with van der Waals surface area (Å²) in [5.41, 5.74) is 1.89. The number of rotatable bonds is 6. The molecular formula is C16H23NO2S. The zero-order valence-electron chi connectivity index (χ0n) is 12.3. The van der Waals surface area contributed by atoms with Gasteiger partial charge in [0.15, 0.2) is 0 Å². The highest BCUT2D eigenvalue weighted by Crippen LogP contribution is 2.26. The molecule has 1 saturated heterocycles. The Kier molecular flexibility index (Phi) is 5.11. The van der Waals surface area contributed by atoms with Gasteiger partial charge in [0.05, 0.1) is 24.4 Å². The van der Waals surface area contributed by atoms with Crippen LogP contribution in [0.5, 0.6) is 0 Å². The molecule has 0 bridgehead atoms. The molecule has 0 radical (unpaired) electrons. The minimum absolute atomic E-state index is 0.142. The molecule has 1 heterocycles. The molecule has 1 aliphatic rings. The van der Waals surface area contributed by atoms with Gasteiger partial charge < -0.3 is 10.0 Å². The Morgan fingerprint density at radius 3 is 2.85 bits per heavy atom. The van der Waals surface area contributed by atoms with Crippen molar-refractivity contribution in [1.82, 2.24) is 4.90 Å². The Labute approximate surface area is 125 Å². The third-order valence-electron chi connectivity index (χ3n) is 3.62. The Balaban J connectivity index is 1.69. The first-order chi connectivity index (χ1) is 9.52. The number of aryl methyl sites for hydroxylation is 1. The molecule has 1 aliphatic heterocycles. The van der Waals surface area contributed by atoms with Gasteiger partial charge in [-0.3, -0.25) is 4.79 Å². The van der Waals surface area contributed by atoms with Gasteiger partial charge in [0.2, 0.25) is 5.91 Å². The number of hydrogen-bond acceptors (Lipinski definition) is 3. The van der Waals surface area contributed by atoms with E-state index in [1.54, 1.807) is 16.7 Å². The minimum Gasteiger partial charge on any atom is -0.386 e. The van der Waals surface area contributed by atoms with Crippen molar-refractivity contribution in [3.8, 4) is 0 Å². The predicted molar refractivity (Wildman–Crippen MR) is 83.8 cm³/mol. The monoisotopic (exact) mass is 293 g/mol.